The van der Waals surface area contributed by atoms with Crippen LogP contribution in [0.3, 0.4) is 0 Å². The summed E-state index contributed by atoms with van der Waals surface area (Å²) in [6, 6.07) is 20.1. The number of nitrogens with zero attached hydrogens (tertiary/aromatic N) is 2. The number of nitrogen functional groups attached to an aromatic ring is 1. The molecule has 3 nitrogen and oxygen atoms in total. The van der Waals surface area contributed by atoms with Crippen LogP contribution in [0.2, 0.25) is 0 Å². The normalized spacial score (nSPS) is 10.4. The molecule has 0 saturated heterocycles. The van der Waals surface area contributed by atoms with Gasteiger partial charge in [0.25, 0.3) is 0 Å². The second-order valence-corrected chi connectivity index (χ2v) is 4.08. The van der Waals surface area contributed by atoms with Crippen LogP contribution in [0.1, 0.15) is 0 Å². The maximum absolute atomic E-state index is 5.96. The first-order chi connectivity index (χ1) is 8.86. The number of imidazole rings is 1. The Morgan fingerprint density at radius 2 is 1.33 bits per heavy atom. The summed E-state index contributed by atoms with van der Waals surface area (Å²) in [4.78, 5) is 4.40. The molecule has 0 aliphatic rings. The molecule has 2 aromatic carbocycles. The van der Waals surface area contributed by atoms with E-state index in [1.165, 1.54) is 0 Å². The molecule has 1 heterocycles. The van der Waals surface area contributed by atoms with E-state index >= 15 is 0 Å². The lowest BCUT2D eigenvalue weighted by molar-refractivity contribution is 1.01. The van der Waals surface area contributed by atoms with Crippen molar-refractivity contribution in [1.29, 1.82) is 0 Å². The van der Waals surface area contributed by atoms with Crippen LogP contribution in [0, 0.1) is 0 Å². The Hall–Kier alpha value is -2.55. The van der Waals surface area contributed by atoms with E-state index < -0.39 is 0 Å². The van der Waals surface area contributed by atoms with Gasteiger partial charge < -0.3 is 5.84 Å². The zero-order valence-corrected chi connectivity index (χ0v) is 9.82. The molecule has 2 N–H and O–H groups in total. The molecule has 0 radical (unpaired) electrons. The Balaban J connectivity index is 2.19. The van der Waals surface area contributed by atoms with E-state index in [9.17, 15) is 0 Å². The first-order valence-corrected chi connectivity index (χ1v) is 5.79. The summed E-state index contributed by atoms with van der Waals surface area (Å²) < 4.78 is 1.57. The molecule has 0 saturated carbocycles. The Morgan fingerprint density at radius 3 is 1.94 bits per heavy atom. The van der Waals surface area contributed by atoms with Gasteiger partial charge in [-0.1, -0.05) is 60.7 Å². The van der Waals surface area contributed by atoms with E-state index in [1.807, 2.05) is 60.7 Å². The average Bonchev–Trinajstić information content (AvgIpc) is 2.83. The van der Waals surface area contributed by atoms with Crippen molar-refractivity contribution in [1.82, 2.24) is 9.66 Å². The van der Waals surface area contributed by atoms with Crippen LogP contribution in [0.4, 0.5) is 0 Å². The zero-order valence-electron chi connectivity index (χ0n) is 9.82. The first kappa shape index (κ1) is 10.6. The van der Waals surface area contributed by atoms with E-state index in [1.54, 1.807) is 11.0 Å². The fraction of sp³-hybridized carbons (Fsp3) is 0. The molecule has 0 atom stereocenters. The van der Waals surface area contributed by atoms with Crippen LogP contribution in [0.5, 0.6) is 0 Å². The van der Waals surface area contributed by atoms with Gasteiger partial charge in [-0.3, -0.25) is 0 Å². The van der Waals surface area contributed by atoms with Gasteiger partial charge in [0.05, 0.1) is 11.4 Å². The highest BCUT2D eigenvalue weighted by Gasteiger charge is 2.12. The van der Waals surface area contributed by atoms with Gasteiger partial charge in [-0.2, -0.15) is 0 Å². The molecule has 0 aliphatic heterocycles. The molecule has 0 spiro atoms. The fourth-order valence-electron chi connectivity index (χ4n) is 2.05. The predicted octanol–water partition coefficient (Wildman–Crippen LogP) is 2.93. The maximum atomic E-state index is 5.96. The van der Waals surface area contributed by atoms with E-state index in [2.05, 4.69) is 4.98 Å². The summed E-state index contributed by atoms with van der Waals surface area (Å²) >= 11 is 0. The topological polar surface area (TPSA) is 43.8 Å². The monoisotopic (exact) mass is 235 g/mol. The molecule has 88 valence electrons. The highest BCUT2D eigenvalue weighted by Crippen LogP contribution is 2.29. The molecule has 1 aromatic heterocycles. The minimum absolute atomic E-state index is 0.907. The third-order valence-corrected chi connectivity index (χ3v) is 2.89. The minimum atomic E-state index is 0.907. The lowest BCUT2D eigenvalue weighted by Gasteiger charge is -2.06. The van der Waals surface area contributed by atoms with Crippen molar-refractivity contribution in [2.75, 3.05) is 5.84 Å². The van der Waals surface area contributed by atoms with Crippen molar-refractivity contribution < 1.29 is 0 Å². The van der Waals surface area contributed by atoms with Crippen molar-refractivity contribution in [3.8, 4) is 22.5 Å². The van der Waals surface area contributed by atoms with Gasteiger partial charge in [0.15, 0.2) is 0 Å². The minimum Gasteiger partial charge on any atom is -0.338 e. The van der Waals surface area contributed by atoms with Crippen LogP contribution in [0.25, 0.3) is 22.5 Å². The smallest absolute Gasteiger partial charge is 0.115 e. The highest BCUT2D eigenvalue weighted by atomic mass is 15.3. The molecule has 0 unspecified atom stereocenters. The Labute approximate surface area is 105 Å². The van der Waals surface area contributed by atoms with Crippen LogP contribution in [0.15, 0.2) is 67.0 Å². The van der Waals surface area contributed by atoms with Crippen molar-refractivity contribution >= 4 is 0 Å². The molecule has 0 bridgehead atoms. The molecule has 3 heteroatoms. The molecule has 3 aromatic rings. The van der Waals surface area contributed by atoms with Crippen LogP contribution < -0.4 is 5.84 Å². The van der Waals surface area contributed by atoms with Gasteiger partial charge in [0.1, 0.15) is 6.33 Å². The van der Waals surface area contributed by atoms with Gasteiger partial charge >= 0.3 is 0 Å². The summed E-state index contributed by atoms with van der Waals surface area (Å²) in [5, 5.41) is 0. The van der Waals surface area contributed by atoms with Gasteiger partial charge in [-0.25, -0.2) is 9.66 Å². The predicted molar refractivity (Wildman–Crippen MR) is 73.2 cm³/mol. The molecular formula is C15H13N3. The van der Waals surface area contributed by atoms with E-state index in [0.717, 1.165) is 22.5 Å². The Bertz CT molecular complexity index is 642. The van der Waals surface area contributed by atoms with Crippen molar-refractivity contribution in [2.45, 2.75) is 0 Å². The SMILES string of the molecule is Nn1cnc(-c2ccccc2)c1-c1ccccc1. The standard InChI is InChI=1S/C15H13N3/c16-18-11-17-14(12-7-3-1-4-8-12)15(18)13-9-5-2-6-10-13/h1-11H,16H2. The summed E-state index contributed by atoms with van der Waals surface area (Å²) in [5.74, 6) is 5.96. The molecular weight excluding hydrogens is 222 g/mol. The van der Waals surface area contributed by atoms with Crippen molar-refractivity contribution in [3.63, 3.8) is 0 Å². The Morgan fingerprint density at radius 1 is 0.778 bits per heavy atom. The summed E-state index contributed by atoms with van der Waals surface area (Å²) in [7, 11) is 0. The zero-order chi connectivity index (χ0) is 12.4. The fourth-order valence-corrected chi connectivity index (χ4v) is 2.05. The van der Waals surface area contributed by atoms with Crippen LogP contribution in [-0.4, -0.2) is 9.66 Å². The number of hydrogen-bond donors (Lipinski definition) is 1. The second-order valence-electron chi connectivity index (χ2n) is 4.08. The number of aromatic nitrogens is 2. The molecule has 0 aliphatic carbocycles. The maximum Gasteiger partial charge on any atom is 0.115 e. The van der Waals surface area contributed by atoms with Crippen LogP contribution in [-0.2, 0) is 0 Å². The number of hydrogen-bond acceptors (Lipinski definition) is 2. The van der Waals surface area contributed by atoms with Crippen molar-refractivity contribution in [3.05, 3.63) is 67.0 Å². The van der Waals surface area contributed by atoms with E-state index in [-0.39, 0.29) is 0 Å². The Kier molecular flexibility index (Phi) is 2.57. The third-order valence-electron chi connectivity index (χ3n) is 2.89. The largest absolute Gasteiger partial charge is 0.338 e. The second kappa shape index (κ2) is 4.37. The molecule has 0 amide bonds. The molecule has 3 rings (SSSR count). The van der Waals surface area contributed by atoms with Gasteiger partial charge in [-0.05, 0) is 0 Å². The van der Waals surface area contributed by atoms with Gasteiger partial charge in [0, 0.05) is 11.1 Å². The van der Waals surface area contributed by atoms with E-state index in [4.69, 9.17) is 5.84 Å². The summed E-state index contributed by atoms with van der Waals surface area (Å²) in [5.41, 5.74) is 3.98. The number of nitrogens with two attached hydrogens (primary N) is 1. The molecule has 0 fully saturated rings. The average molecular weight is 235 g/mol. The third kappa shape index (κ3) is 1.76. The molecule has 18 heavy (non-hydrogen) atoms. The summed E-state index contributed by atoms with van der Waals surface area (Å²) in [6.45, 7) is 0. The van der Waals surface area contributed by atoms with Crippen LogP contribution >= 0.6 is 0 Å². The van der Waals surface area contributed by atoms with Gasteiger partial charge in [0.2, 0.25) is 0 Å². The first-order valence-electron chi connectivity index (χ1n) is 5.79. The lowest BCUT2D eigenvalue weighted by atomic mass is 10.1. The van der Waals surface area contributed by atoms with Crippen molar-refractivity contribution in [2.24, 2.45) is 0 Å². The quantitative estimate of drug-likeness (QED) is 0.694. The lowest BCUT2D eigenvalue weighted by Crippen LogP contribution is -2.08. The van der Waals surface area contributed by atoms with Gasteiger partial charge in [-0.15, -0.1) is 0 Å². The van der Waals surface area contributed by atoms with E-state index in [0.29, 0.717) is 0 Å². The number of rotatable bonds is 2. The number of benzene rings is 2. The summed E-state index contributed by atoms with van der Waals surface area (Å²) in [6.07, 6.45) is 1.64. The highest BCUT2D eigenvalue weighted by molar-refractivity contribution is 5.78.